The maximum Gasteiger partial charge on any atom is 0.344 e. The highest BCUT2D eigenvalue weighted by molar-refractivity contribution is 14.1. The normalized spacial score (nSPS) is 10.5. The molecule has 0 aliphatic carbocycles. The van der Waals surface area contributed by atoms with Crippen molar-refractivity contribution in [3.63, 3.8) is 0 Å². The van der Waals surface area contributed by atoms with Gasteiger partial charge in [0.2, 0.25) is 0 Å². The number of ether oxygens (including phenoxy) is 1. The van der Waals surface area contributed by atoms with Gasteiger partial charge in [-0.3, -0.25) is 0 Å². The molecule has 3 aromatic rings. The zero-order chi connectivity index (χ0) is 17.1. The molecule has 0 aliphatic rings. The summed E-state index contributed by atoms with van der Waals surface area (Å²) in [7, 11) is 0. The van der Waals surface area contributed by atoms with Gasteiger partial charge in [0.25, 0.3) is 0 Å². The van der Waals surface area contributed by atoms with E-state index in [4.69, 9.17) is 4.74 Å². The third-order valence-corrected chi connectivity index (χ3v) is 4.76. The minimum atomic E-state index is -0.327. The van der Waals surface area contributed by atoms with Crippen molar-refractivity contribution in [2.75, 3.05) is 0 Å². The molecule has 0 amide bonds. The summed E-state index contributed by atoms with van der Waals surface area (Å²) in [5.74, 6) is 0.266. The number of esters is 1. The molecule has 24 heavy (non-hydrogen) atoms. The highest BCUT2D eigenvalue weighted by atomic mass is 127. The summed E-state index contributed by atoms with van der Waals surface area (Å²) in [4.78, 5) is 12.4. The fourth-order valence-corrected chi connectivity index (χ4v) is 3.16. The molecular formula is C21H17IO2. The van der Waals surface area contributed by atoms with Crippen molar-refractivity contribution in [3.05, 3.63) is 87.0 Å². The smallest absolute Gasteiger partial charge is 0.344 e. The molecular weight excluding hydrogens is 411 g/mol. The Morgan fingerprint density at radius 3 is 2.33 bits per heavy atom. The molecule has 0 aromatic heterocycles. The molecule has 0 fully saturated rings. The molecule has 0 saturated heterocycles. The van der Waals surface area contributed by atoms with Crippen LogP contribution in [0.1, 0.15) is 21.5 Å². The third-order valence-electron chi connectivity index (χ3n) is 3.82. The number of aryl methyl sites for hydroxylation is 2. The van der Waals surface area contributed by atoms with E-state index < -0.39 is 0 Å². The van der Waals surface area contributed by atoms with Gasteiger partial charge in [0.15, 0.2) is 0 Å². The number of halogens is 1. The summed E-state index contributed by atoms with van der Waals surface area (Å²) >= 11 is 2.14. The van der Waals surface area contributed by atoms with E-state index in [1.54, 1.807) is 6.07 Å². The van der Waals surface area contributed by atoms with E-state index in [2.05, 4.69) is 47.7 Å². The van der Waals surface area contributed by atoms with Crippen molar-refractivity contribution >= 4 is 28.6 Å². The Hall–Kier alpha value is -2.14. The summed E-state index contributed by atoms with van der Waals surface area (Å²) in [6.45, 7) is 4.03. The average molecular weight is 428 g/mol. The lowest BCUT2D eigenvalue weighted by Crippen LogP contribution is -2.10. The van der Waals surface area contributed by atoms with Gasteiger partial charge in [-0.2, -0.15) is 0 Å². The lowest BCUT2D eigenvalue weighted by molar-refractivity contribution is 0.0732. The Morgan fingerprint density at radius 2 is 1.62 bits per heavy atom. The van der Waals surface area contributed by atoms with Gasteiger partial charge >= 0.3 is 5.97 Å². The fraction of sp³-hybridized carbons (Fsp3) is 0.0952. The average Bonchev–Trinajstić information content (AvgIpc) is 2.57. The van der Waals surface area contributed by atoms with Crippen molar-refractivity contribution in [2.24, 2.45) is 0 Å². The quantitative estimate of drug-likeness (QED) is 0.300. The van der Waals surface area contributed by atoms with Gasteiger partial charge < -0.3 is 4.74 Å². The Bertz CT molecular complexity index is 900. The molecule has 0 unspecified atom stereocenters. The standard InChI is InChI=1S/C21H17IO2/c1-14-6-5-7-16(12-14)17-10-11-20(15(2)13-17)24-21(23)18-8-3-4-9-19(18)22/h3-13H,1-2H3. The van der Waals surface area contributed by atoms with Crippen LogP contribution >= 0.6 is 22.6 Å². The van der Waals surface area contributed by atoms with E-state index in [-0.39, 0.29) is 5.97 Å². The number of hydrogen-bond donors (Lipinski definition) is 0. The molecule has 3 aromatic carbocycles. The second-order valence-electron chi connectivity index (χ2n) is 5.72. The first-order valence-corrected chi connectivity index (χ1v) is 8.77. The molecule has 3 rings (SSSR count). The highest BCUT2D eigenvalue weighted by Gasteiger charge is 2.13. The maximum absolute atomic E-state index is 12.4. The number of carbonyl (C=O) groups excluding carboxylic acids is 1. The van der Waals surface area contributed by atoms with Crippen molar-refractivity contribution in [1.29, 1.82) is 0 Å². The van der Waals surface area contributed by atoms with Crippen LogP contribution in [0.25, 0.3) is 11.1 Å². The predicted molar refractivity (Wildman–Crippen MR) is 105 cm³/mol. The van der Waals surface area contributed by atoms with Crippen LogP contribution in [0.2, 0.25) is 0 Å². The maximum atomic E-state index is 12.4. The van der Waals surface area contributed by atoms with Gasteiger partial charge in [0.05, 0.1) is 5.56 Å². The second-order valence-corrected chi connectivity index (χ2v) is 6.88. The number of hydrogen-bond acceptors (Lipinski definition) is 2. The van der Waals surface area contributed by atoms with E-state index in [0.29, 0.717) is 11.3 Å². The lowest BCUT2D eigenvalue weighted by Gasteiger charge is -2.10. The largest absolute Gasteiger partial charge is 0.423 e. The molecule has 0 bridgehead atoms. The van der Waals surface area contributed by atoms with Crippen LogP contribution < -0.4 is 4.74 Å². The van der Waals surface area contributed by atoms with Gasteiger partial charge in [0, 0.05) is 3.57 Å². The second kappa shape index (κ2) is 7.18. The van der Waals surface area contributed by atoms with Crippen LogP contribution in [0, 0.1) is 17.4 Å². The number of carbonyl (C=O) groups is 1. The minimum absolute atomic E-state index is 0.327. The monoisotopic (exact) mass is 428 g/mol. The summed E-state index contributed by atoms with van der Waals surface area (Å²) in [6, 6.07) is 21.7. The number of benzene rings is 3. The molecule has 0 radical (unpaired) electrons. The van der Waals surface area contributed by atoms with Gasteiger partial charge in [-0.25, -0.2) is 4.79 Å². The first kappa shape index (κ1) is 16.7. The first-order chi connectivity index (χ1) is 11.5. The third kappa shape index (κ3) is 3.67. The Labute approximate surface area is 155 Å². The van der Waals surface area contributed by atoms with Crippen molar-refractivity contribution in [1.82, 2.24) is 0 Å². The molecule has 0 aliphatic heterocycles. The Balaban J connectivity index is 1.86. The fourth-order valence-electron chi connectivity index (χ4n) is 2.55. The number of rotatable bonds is 3. The van der Waals surface area contributed by atoms with Gasteiger partial charge in [0.1, 0.15) is 5.75 Å². The summed E-state index contributed by atoms with van der Waals surface area (Å²) in [5, 5.41) is 0. The van der Waals surface area contributed by atoms with Gasteiger partial charge in [-0.1, -0.05) is 48.0 Å². The van der Waals surface area contributed by atoms with E-state index in [9.17, 15) is 4.79 Å². The summed E-state index contributed by atoms with van der Waals surface area (Å²) in [5.41, 5.74) is 5.02. The summed E-state index contributed by atoms with van der Waals surface area (Å²) in [6.07, 6.45) is 0. The molecule has 0 atom stereocenters. The van der Waals surface area contributed by atoms with Crippen molar-refractivity contribution in [2.45, 2.75) is 13.8 Å². The predicted octanol–water partition coefficient (Wildman–Crippen LogP) is 5.79. The van der Waals surface area contributed by atoms with E-state index >= 15 is 0 Å². The van der Waals surface area contributed by atoms with E-state index in [1.807, 2.05) is 49.4 Å². The molecule has 120 valence electrons. The highest BCUT2D eigenvalue weighted by Crippen LogP contribution is 2.27. The van der Waals surface area contributed by atoms with Crippen LogP contribution in [0.3, 0.4) is 0 Å². The van der Waals surface area contributed by atoms with Crippen LogP contribution in [0.4, 0.5) is 0 Å². The Morgan fingerprint density at radius 1 is 0.875 bits per heavy atom. The van der Waals surface area contributed by atoms with Crippen LogP contribution in [0.15, 0.2) is 66.7 Å². The lowest BCUT2D eigenvalue weighted by atomic mass is 10.0. The van der Waals surface area contributed by atoms with Gasteiger partial charge in [-0.05, 0) is 77.4 Å². The van der Waals surface area contributed by atoms with Crippen LogP contribution in [0.5, 0.6) is 5.75 Å². The van der Waals surface area contributed by atoms with Gasteiger partial charge in [-0.15, -0.1) is 0 Å². The van der Waals surface area contributed by atoms with Crippen LogP contribution in [-0.2, 0) is 0 Å². The van der Waals surface area contributed by atoms with Crippen molar-refractivity contribution in [3.8, 4) is 16.9 Å². The zero-order valence-electron chi connectivity index (χ0n) is 13.5. The summed E-state index contributed by atoms with van der Waals surface area (Å²) < 4.78 is 6.47. The molecule has 0 heterocycles. The molecule has 0 spiro atoms. The molecule has 2 nitrogen and oxygen atoms in total. The molecule has 0 saturated carbocycles. The Kier molecular flexibility index (Phi) is 5.00. The van der Waals surface area contributed by atoms with Crippen LogP contribution in [-0.4, -0.2) is 5.97 Å². The SMILES string of the molecule is Cc1cccc(-c2ccc(OC(=O)c3ccccc3I)c(C)c2)c1. The zero-order valence-corrected chi connectivity index (χ0v) is 15.7. The minimum Gasteiger partial charge on any atom is -0.423 e. The van der Waals surface area contributed by atoms with Crippen molar-refractivity contribution < 1.29 is 9.53 Å². The topological polar surface area (TPSA) is 26.3 Å². The molecule has 0 N–H and O–H groups in total. The molecule has 3 heteroatoms. The first-order valence-electron chi connectivity index (χ1n) is 7.69. The van der Waals surface area contributed by atoms with E-state index in [0.717, 1.165) is 20.3 Å². The van der Waals surface area contributed by atoms with E-state index in [1.165, 1.54) is 5.56 Å².